The van der Waals surface area contributed by atoms with E-state index in [1.54, 1.807) is 0 Å². The van der Waals surface area contributed by atoms with Gasteiger partial charge in [-0.25, -0.2) is 4.79 Å². The second-order valence-corrected chi connectivity index (χ2v) is 4.79. The third-order valence-corrected chi connectivity index (χ3v) is 3.47. The molecule has 1 saturated heterocycles. The van der Waals surface area contributed by atoms with Gasteiger partial charge in [0.15, 0.2) is 0 Å². The first-order valence-electron chi connectivity index (χ1n) is 6.44. The van der Waals surface area contributed by atoms with E-state index in [1.807, 2.05) is 0 Å². The van der Waals surface area contributed by atoms with E-state index in [0.29, 0.717) is 18.5 Å². The molecular weight excluding hydrogens is 260 g/mol. The first-order chi connectivity index (χ1) is 9.50. The van der Waals surface area contributed by atoms with E-state index in [0.717, 1.165) is 12.8 Å². The highest BCUT2D eigenvalue weighted by Crippen LogP contribution is 2.19. The number of hydrogen-bond acceptors (Lipinski definition) is 3. The maximum Gasteiger partial charge on any atom is 0.335 e. The zero-order valence-corrected chi connectivity index (χ0v) is 10.9. The van der Waals surface area contributed by atoms with Gasteiger partial charge in [-0.3, -0.25) is 9.59 Å². The standard InChI is InChI=1S/C14H16N2O4/c15-12(17)11-3-1-2-8-16(11)13(18)9-4-6-10(7-5-9)14(19)20/h4-7,11H,1-3,8H2,(H2,15,17)(H,19,20). The minimum Gasteiger partial charge on any atom is -0.478 e. The zero-order valence-electron chi connectivity index (χ0n) is 10.9. The second-order valence-electron chi connectivity index (χ2n) is 4.79. The smallest absolute Gasteiger partial charge is 0.335 e. The summed E-state index contributed by atoms with van der Waals surface area (Å²) in [6.07, 6.45) is 2.28. The third kappa shape index (κ3) is 2.79. The van der Waals surface area contributed by atoms with Crippen LogP contribution in [0.3, 0.4) is 0 Å². The molecule has 1 atom stereocenters. The number of rotatable bonds is 3. The molecule has 0 bridgehead atoms. The quantitative estimate of drug-likeness (QED) is 0.855. The van der Waals surface area contributed by atoms with E-state index in [1.165, 1.54) is 29.2 Å². The molecule has 6 heteroatoms. The Hall–Kier alpha value is -2.37. The average Bonchev–Trinajstić information content (AvgIpc) is 2.46. The summed E-state index contributed by atoms with van der Waals surface area (Å²) in [6, 6.07) is 5.09. The lowest BCUT2D eigenvalue weighted by atomic mass is 10.00. The maximum atomic E-state index is 12.4. The van der Waals surface area contributed by atoms with Crippen LogP contribution in [0.15, 0.2) is 24.3 Å². The normalized spacial score (nSPS) is 18.6. The number of carboxylic acid groups (broad SMARTS) is 1. The van der Waals surface area contributed by atoms with Crippen molar-refractivity contribution in [3.63, 3.8) is 0 Å². The van der Waals surface area contributed by atoms with Gasteiger partial charge >= 0.3 is 5.97 Å². The van der Waals surface area contributed by atoms with Crippen LogP contribution in [0.1, 0.15) is 40.0 Å². The van der Waals surface area contributed by atoms with Crippen molar-refractivity contribution in [3.05, 3.63) is 35.4 Å². The molecule has 0 saturated carbocycles. The van der Waals surface area contributed by atoms with Crippen LogP contribution in [-0.2, 0) is 4.79 Å². The molecular formula is C14H16N2O4. The molecule has 1 heterocycles. The van der Waals surface area contributed by atoms with Crippen molar-refractivity contribution in [1.29, 1.82) is 0 Å². The van der Waals surface area contributed by atoms with Gasteiger partial charge in [0.2, 0.25) is 5.91 Å². The molecule has 0 aromatic heterocycles. The Balaban J connectivity index is 2.20. The lowest BCUT2D eigenvalue weighted by Gasteiger charge is -2.33. The Morgan fingerprint density at radius 1 is 1.10 bits per heavy atom. The van der Waals surface area contributed by atoms with E-state index in [4.69, 9.17) is 10.8 Å². The summed E-state index contributed by atoms with van der Waals surface area (Å²) in [5, 5.41) is 8.82. The molecule has 2 rings (SSSR count). The van der Waals surface area contributed by atoms with E-state index in [2.05, 4.69) is 0 Å². The number of amides is 2. The lowest BCUT2D eigenvalue weighted by Crippen LogP contribution is -2.50. The van der Waals surface area contributed by atoms with Crippen LogP contribution in [0.2, 0.25) is 0 Å². The molecule has 1 aromatic rings. The molecule has 3 N–H and O–H groups in total. The molecule has 1 fully saturated rings. The minimum atomic E-state index is -1.04. The molecule has 0 radical (unpaired) electrons. The number of piperidine rings is 1. The largest absolute Gasteiger partial charge is 0.478 e. The number of hydrogen-bond donors (Lipinski definition) is 2. The van der Waals surface area contributed by atoms with Gasteiger partial charge in [0, 0.05) is 12.1 Å². The third-order valence-electron chi connectivity index (χ3n) is 3.47. The van der Waals surface area contributed by atoms with Crippen molar-refractivity contribution in [3.8, 4) is 0 Å². The first-order valence-corrected chi connectivity index (χ1v) is 6.44. The lowest BCUT2D eigenvalue weighted by molar-refractivity contribution is -0.123. The topological polar surface area (TPSA) is 101 Å². The Morgan fingerprint density at radius 2 is 1.70 bits per heavy atom. The average molecular weight is 276 g/mol. The molecule has 2 amide bonds. The highest BCUT2D eigenvalue weighted by atomic mass is 16.4. The zero-order chi connectivity index (χ0) is 14.7. The number of carbonyl (C=O) groups excluding carboxylic acids is 2. The summed E-state index contributed by atoms with van der Waals surface area (Å²) >= 11 is 0. The number of nitrogens with zero attached hydrogens (tertiary/aromatic N) is 1. The van der Waals surface area contributed by atoms with Crippen LogP contribution in [-0.4, -0.2) is 40.4 Å². The maximum absolute atomic E-state index is 12.4. The molecule has 1 unspecified atom stereocenters. The molecule has 1 aliphatic rings. The fourth-order valence-corrected chi connectivity index (χ4v) is 2.39. The van der Waals surface area contributed by atoms with Crippen molar-refractivity contribution >= 4 is 17.8 Å². The Bertz CT molecular complexity index is 539. The summed E-state index contributed by atoms with van der Waals surface area (Å²) < 4.78 is 0. The fraction of sp³-hybridized carbons (Fsp3) is 0.357. The van der Waals surface area contributed by atoms with Crippen LogP contribution in [0.25, 0.3) is 0 Å². The van der Waals surface area contributed by atoms with Gasteiger partial charge in [0.25, 0.3) is 5.91 Å². The van der Waals surface area contributed by atoms with Crippen LogP contribution in [0.4, 0.5) is 0 Å². The molecule has 6 nitrogen and oxygen atoms in total. The Kier molecular flexibility index (Phi) is 4.02. The van der Waals surface area contributed by atoms with E-state index >= 15 is 0 Å². The number of likely N-dealkylation sites (tertiary alicyclic amines) is 1. The predicted molar refractivity (Wildman–Crippen MR) is 71.3 cm³/mol. The number of carboxylic acids is 1. The minimum absolute atomic E-state index is 0.117. The Morgan fingerprint density at radius 3 is 2.25 bits per heavy atom. The van der Waals surface area contributed by atoms with Crippen molar-refractivity contribution in [1.82, 2.24) is 4.90 Å². The first kappa shape index (κ1) is 14.0. The van der Waals surface area contributed by atoms with Crippen LogP contribution in [0.5, 0.6) is 0 Å². The van der Waals surface area contributed by atoms with Crippen LogP contribution >= 0.6 is 0 Å². The van der Waals surface area contributed by atoms with Crippen molar-refractivity contribution in [2.45, 2.75) is 25.3 Å². The SMILES string of the molecule is NC(=O)C1CCCCN1C(=O)c1ccc(C(=O)O)cc1. The van der Waals surface area contributed by atoms with Crippen LogP contribution < -0.4 is 5.73 Å². The summed E-state index contributed by atoms with van der Waals surface area (Å²) in [5.41, 5.74) is 5.81. The number of carbonyl (C=O) groups is 3. The van der Waals surface area contributed by atoms with Gasteiger partial charge in [0.05, 0.1) is 5.56 Å². The fourth-order valence-electron chi connectivity index (χ4n) is 2.39. The predicted octanol–water partition coefficient (Wildman–Crippen LogP) is 0.865. The van der Waals surface area contributed by atoms with Crippen molar-refractivity contribution < 1.29 is 19.5 Å². The number of benzene rings is 1. The van der Waals surface area contributed by atoms with Gasteiger partial charge in [-0.05, 0) is 43.5 Å². The van der Waals surface area contributed by atoms with Gasteiger partial charge in [-0.15, -0.1) is 0 Å². The van der Waals surface area contributed by atoms with Gasteiger partial charge < -0.3 is 15.7 Å². The second kappa shape index (κ2) is 5.73. The number of primary amides is 1. The summed E-state index contributed by atoms with van der Waals surface area (Å²) in [5.74, 6) is -1.83. The summed E-state index contributed by atoms with van der Waals surface area (Å²) in [7, 11) is 0. The highest BCUT2D eigenvalue weighted by Gasteiger charge is 2.31. The van der Waals surface area contributed by atoms with E-state index < -0.39 is 17.9 Å². The van der Waals surface area contributed by atoms with Gasteiger partial charge in [-0.2, -0.15) is 0 Å². The molecule has 0 spiro atoms. The summed E-state index contributed by atoms with van der Waals surface area (Å²) in [4.78, 5) is 36.0. The highest BCUT2D eigenvalue weighted by molar-refractivity contribution is 5.98. The summed E-state index contributed by atoms with van der Waals surface area (Å²) in [6.45, 7) is 0.493. The molecule has 1 aliphatic heterocycles. The Labute approximate surface area is 116 Å². The molecule has 0 aliphatic carbocycles. The van der Waals surface area contributed by atoms with E-state index in [9.17, 15) is 14.4 Å². The number of nitrogens with two attached hydrogens (primary N) is 1. The van der Waals surface area contributed by atoms with Gasteiger partial charge in [0.1, 0.15) is 6.04 Å². The molecule has 20 heavy (non-hydrogen) atoms. The van der Waals surface area contributed by atoms with Crippen molar-refractivity contribution in [2.24, 2.45) is 5.73 Å². The van der Waals surface area contributed by atoms with E-state index in [-0.39, 0.29) is 11.5 Å². The van der Waals surface area contributed by atoms with Gasteiger partial charge in [-0.1, -0.05) is 0 Å². The number of aromatic carboxylic acids is 1. The monoisotopic (exact) mass is 276 g/mol. The molecule has 1 aromatic carbocycles. The van der Waals surface area contributed by atoms with Crippen LogP contribution in [0, 0.1) is 0 Å². The molecule has 106 valence electrons. The van der Waals surface area contributed by atoms with Crippen molar-refractivity contribution in [2.75, 3.05) is 6.54 Å².